The Hall–Kier alpha value is -2.70. The average molecular weight is 894 g/mol. The first-order chi connectivity index (χ1) is 31.5. The number of ether oxygens (including phenoxy) is 1. The summed E-state index contributed by atoms with van der Waals surface area (Å²) in [5, 5.41) is 23.8. The van der Waals surface area contributed by atoms with E-state index in [0.717, 1.165) is 64.2 Å². The molecule has 3 N–H and O–H groups in total. The molecule has 0 bridgehead atoms. The van der Waals surface area contributed by atoms with Crippen LogP contribution in [0, 0.1) is 0 Å². The maximum atomic E-state index is 13.2. The Morgan fingerprint density at radius 2 is 0.812 bits per heavy atom. The van der Waals surface area contributed by atoms with E-state index in [0.29, 0.717) is 19.3 Å². The Labute approximate surface area is 396 Å². The van der Waals surface area contributed by atoms with E-state index < -0.39 is 18.2 Å². The van der Waals surface area contributed by atoms with E-state index in [9.17, 15) is 19.8 Å². The van der Waals surface area contributed by atoms with Crippen molar-refractivity contribution < 1.29 is 24.5 Å². The summed E-state index contributed by atoms with van der Waals surface area (Å²) in [6.07, 6.45) is 65.4. The average Bonchev–Trinajstić information content (AvgIpc) is 3.29. The molecule has 0 rings (SSSR count). The van der Waals surface area contributed by atoms with E-state index in [-0.39, 0.29) is 31.3 Å². The predicted molar refractivity (Wildman–Crippen MR) is 278 cm³/mol. The van der Waals surface area contributed by atoms with Crippen molar-refractivity contribution in [2.75, 3.05) is 6.61 Å². The monoisotopic (exact) mass is 894 g/mol. The molecule has 0 saturated carbocycles. The van der Waals surface area contributed by atoms with Crippen LogP contribution in [-0.4, -0.2) is 46.9 Å². The summed E-state index contributed by atoms with van der Waals surface area (Å²) in [6.45, 7) is 6.43. The first kappa shape index (κ1) is 61.3. The molecule has 0 aliphatic heterocycles. The van der Waals surface area contributed by atoms with Crippen molar-refractivity contribution in [3.05, 3.63) is 72.9 Å². The van der Waals surface area contributed by atoms with Gasteiger partial charge in [-0.05, 0) is 83.5 Å². The number of carbonyl (C=O) groups is 2. The minimum Gasteiger partial charge on any atom is -0.462 e. The quantitative estimate of drug-likeness (QED) is 0.0321. The second-order valence-electron chi connectivity index (χ2n) is 18.3. The highest BCUT2D eigenvalue weighted by Gasteiger charge is 2.24. The van der Waals surface area contributed by atoms with Gasteiger partial charge in [0.1, 0.15) is 6.10 Å². The number of esters is 1. The first-order valence-electron chi connectivity index (χ1n) is 27.2. The van der Waals surface area contributed by atoms with Crippen LogP contribution in [0.3, 0.4) is 0 Å². The summed E-state index contributed by atoms with van der Waals surface area (Å²) >= 11 is 0. The van der Waals surface area contributed by atoms with Gasteiger partial charge in [0.15, 0.2) is 0 Å². The van der Waals surface area contributed by atoms with Crippen molar-refractivity contribution in [2.45, 2.75) is 277 Å². The number of allylic oxidation sites excluding steroid dienone is 12. The second kappa shape index (κ2) is 51.3. The van der Waals surface area contributed by atoms with E-state index in [4.69, 9.17) is 4.74 Å². The summed E-state index contributed by atoms with van der Waals surface area (Å²) < 4.78 is 5.87. The van der Waals surface area contributed by atoms with Crippen LogP contribution in [0.15, 0.2) is 72.9 Å². The fourth-order valence-corrected chi connectivity index (χ4v) is 7.88. The lowest BCUT2D eigenvalue weighted by Crippen LogP contribution is -2.46. The van der Waals surface area contributed by atoms with E-state index in [1.165, 1.54) is 141 Å². The standard InChI is InChI=1S/C58H103NO5/c1-4-7-10-13-16-19-22-25-27-28-30-32-34-37-40-43-46-49-54(64-58(63)51-48-45-42-39-36-31-24-21-18-15-12-9-6-3)52-57(62)59-55(53-60)56(61)50-47-44-41-38-35-33-29-26-23-20-17-14-11-8-5-2/h16,19,25,27,30-32,36-37,40,42,45,54-56,60-61H,4-15,17-18,20-24,26,28-29,33-35,38-39,41,43-44,46-53H2,1-3H3,(H,59,62)/b19-16-,27-25-,32-30-,36-31-,40-37-,45-42+. The number of aliphatic hydroxyl groups excluding tert-OH is 2. The topological polar surface area (TPSA) is 95.9 Å². The molecule has 0 fully saturated rings. The Morgan fingerprint density at radius 3 is 1.27 bits per heavy atom. The second-order valence-corrected chi connectivity index (χ2v) is 18.3. The van der Waals surface area contributed by atoms with E-state index in [2.05, 4.69) is 92.9 Å². The van der Waals surface area contributed by atoms with Crippen LogP contribution >= 0.6 is 0 Å². The Balaban J connectivity index is 4.73. The molecule has 0 radical (unpaired) electrons. The molecule has 0 heterocycles. The van der Waals surface area contributed by atoms with Crippen molar-refractivity contribution in [3.63, 3.8) is 0 Å². The van der Waals surface area contributed by atoms with Gasteiger partial charge < -0.3 is 20.3 Å². The number of hydrogen-bond acceptors (Lipinski definition) is 5. The van der Waals surface area contributed by atoms with Crippen LogP contribution in [0.2, 0.25) is 0 Å². The fourth-order valence-electron chi connectivity index (χ4n) is 7.88. The third-order valence-electron chi connectivity index (χ3n) is 12.0. The van der Waals surface area contributed by atoms with Crippen molar-refractivity contribution >= 4 is 11.9 Å². The summed E-state index contributed by atoms with van der Waals surface area (Å²) in [6, 6.07) is -0.732. The van der Waals surface area contributed by atoms with Crippen molar-refractivity contribution in [3.8, 4) is 0 Å². The largest absolute Gasteiger partial charge is 0.462 e. The van der Waals surface area contributed by atoms with Crippen LogP contribution < -0.4 is 5.32 Å². The van der Waals surface area contributed by atoms with Gasteiger partial charge in [0.05, 0.1) is 25.2 Å². The minimum absolute atomic E-state index is 0.0156. The lowest BCUT2D eigenvalue weighted by atomic mass is 10.0. The van der Waals surface area contributed by atoms with Gasteiger partial charge in [0, 0.05) is 6.42 Å². The third kappa shape index (κ3) is 45.9. The van der Waals surface area contributed by atoms with Gasteiger partial charge in [0.25, 0.3) is 0 Å². The maximum Gasteiger partial charge on any atom is 0.306 e. The molecule has 64 heavy (non-hydrogen) atoms. The zero-order valence-electron chi connectivity index (χ0n) is 42.1. The van der Waals surface area contributed by atoms with Crippen LogP contribution in [0.25, 0.3) is 0 Å². The molecular formula is C58H103NO5. The molecule has 0 aliphatic rings. The van der Waals surface area contributed by atoms with Gasteiger partial charge in [0.2, 0.25) is 5.91 Å². The maximum absolute atomic E-state index is 13.2. The molecule has 6 heteroatoms. The third-order valence-corrected chi connectivity index (χ3v) is 12.0. The molecule has 0 saturated heterocycles. The van der Waals surface area contributed by atoms with Gasteiger partial charge >= 0.3 is 5.97 Å². The van der Waals surface area contributed by atoms with Crippen LogP contribution in [0.1, 0.15) is 258 Å². The number of nitrogens with one attached hydrogen (secondary N) is 1. The van der Waals surface area contributed by atoms with Gasteiger partial charge in [-0.25, -0.2) is 0 Å². The van der Waals surface area contributed by atoms with Crippen LogP contribution in [0.5, 0.6) is 0 Å². The summed E-state index contributed by atoms with van der Waals surface area (Å²) in [7, 11) is 0. The van der Waals surface area contributed by atoms with Gasteiger partial charge in [-0.3, -0.25) is 9.59 Å². The molecule has 3 atom stereocenters. The molecule has 370 valence electrons. The molecule has 0 aromatic carbocycles. The van der Waals surface area contributed by atoms with Gasteiger partial charge in [-0.15, -0.1) is 0 Å². The predicted octanol–water partition coefficient (Wildman–Crippen LogP) is 16.6. The van der Waals surface area contributed by atoms with Crippen molar-refractivity contribution in [1.82, 2.24) is 5.32 Å². The summed E-state index contributed by atoms with van der Waals surface area (Å²) in [5.41, 5.74) is 0. The molecule has 1 amide bonds. The molecular weight excluding hydrogens is 791 g/mol. The summed E-state index contributed by atoms with van der Waals surface area (Å²) in [5.74, 6) is -0.608. The van der Waals surface area contributed by atoms with Crippen molar-refractivity contribution in [2.24, 2.45) is 0 Å². The first-order valence-corrected chi connectivity index (χ1v) is 27.2. The highest BCUT2D eigenvalue weighted by Crippen LogP contribution is 2.17. The molecule has 0 aliphatic carbocycles. The number of carbonyl (C=O) groups excluding carboxylic acids is 2. The highest BCUT2D eigenvalue weighted by molar-refractivity contribution is 5.77. The number of aliphatic hydroxyl groups is 2. The Morgan fingerprint density at radius 1 is 0.453 bits per heavy atom. The number of hydrogen-bond donors (Lipinski definition) is 3. The zero-order valence-corrected chi connectivity index (χ0v) is 42.1. The number of rotatable bonds is 48. The van der Waals surface area contributed by atoms with Gasteiger partial charge in [-0.2, -0.15) is 0 Å². The molecule has 0 aromatic rings. The van der Waals surface area contributed by atoms with E-state index in [1.54, 1.807) is 0 Å². The fraction of sp³-hybridized carbons (Fsp3) is 0.759. The van der Waals surface area contributed by atoms with E-state index in [1.807, 2.05) is 6.08 Å². The normalized spacial score (nSPS) is 13.8. The van der Waals surface area contributed by atoms with Gasteiger partial charge in [-0.1, -0.05) is 235 Å². The Bertz CT molecular complexity index is 1190. The van der Waals surface area contributed by atoms with E-state index >= 15 is 0 Å². The Kier molecular flexibility index (Phi) is 49.1. The van der Waals surface area contributed by atoms with Crippen LogP contribution in [-0.2, 0) is 14.3 Å². The minimum atomic E-state index is -0.813. The molecule has 6 nitrogen and oxygen atoms in total. The number of amides is 1. The summed E-state index contributed by atoms with van der Waals surface area (Å²) in [4.78, 5) is 26.1. The lowest BCUT2D eigenvalue weighted by Gasteiger charge is -2.24. The molecule has 3 unspecified atom stereocenters. The zero-order chi connectivity index (χ0) is 46.7. The highest BCUT2D eigenvalue weighted by atomic mass is 16.5. The number of unbranched alkanes of at least 4 members (excludes halogenated alkanes) is 24. The molecule has 0 spiro atoms. The molecule has 0 aromatic heterocycles. The van der Waals surface area contributed by atoms with Crippen LogP contribution in [0.4, 0.5) is 0 Å². The lowest BCUT2D eigenvalue weighted by molar-refractivity contribution is -0.150. The van der Waals surface area contributed by atoms with Crippen molar-refractivity contribution in [1.29, 1.82) is 0 Å². The SMILES string of the molecule is CCCCC/C=C\C/C=C\C/C=C\C/C=C\CCCC(CC(=O)NC(CO)C(O)CCCCCCCCCCCCCCCCC)OC(=O)CC/C=C/C/C=C\CCCCCCCC. The smallest absolute Gasteiger partial charge is 0.306 e.